The Bertz CT molecular complexity index is 1440. The molecule has 1 atom stereocenters. The summed E-state index contributed by atoms with van der Waals surface area (Å²) in [5.41, 5.74) is 1.06. The normalized spacial score (nSPS) is 14.3. The van der Waals surface area contributed by atoms with Gasteiger partial charge in [0.25, 0.3) is 10.0 Å². The molecular formula is C32H38ClN3O5S. The van der Waals surface area contributed by atoms with E-state index in [-0.39, 0.29) is 29.1 Å². The van der Waals surface area contributed by atoms with Crippen molar-refractivity contribution in [3.8, 4) is 5.75 Å². The number of amides is 2. The minimum atomic E-state index is -4.24. The number of carbonyl (C=O) groups excluding carboxylic acids is 2. The second-order valence-electron chi connectivity index (χ2n) is 10.3. The average molecular weight is 612 g/mol. The molecule has 1 saturated carbocycles. The molecule has 0 bridgehead atoms. The Morgan fingerprint density at radius 2 is 1.60 bits per heavy atom. The first kappa shape index (κ1) is 31.4. The summed E-state index contributed by atoms with van der Waals surface area (Å²) in [6.45, 7) is 3.58. The van der Waals surface area contributed by atoms with Gasteiger partial charge in [-0.05, 0) is 68.1 Å². The van der Waals surface area contributed by atoms with Gasteiger partial charge in [-0.15, -0.1) is 0 Å². The van der Waals surface area contributed by atoms with Gasteiger partial charge in [-0.3, -0.25) is 13.9 Å². The van der Waals surface area contributed by atoms with Crippen LogP contribution in [0.2, 0.25) is 5.02 Å². The minimum absolute atomic E-state index is 0.0216. The van der Waals surface area contributed by atoms with Crippen molar-refractivity contribution in [2.75, 3.05) is 17.5 Å². The average Bonchev–Trinajstić information content (AvgIpc) is 3.50. The zero-order valence-corrected chi connectivity index (χ0v) is 25.6. The van der Waals surface area contributed by atoms with E-state index in [0.717, 1.165) is 35.6 Å². The molecule has 0 radical (unpaired) electrons. The fourth-order valence-corrected chi connectivity index (χ4v) is 6.81. The first-order chi connectivity index (χ1) is 20.2. The van der Waals surface area contributed by atoms with Crippen LogP contribution in [0.3, 0.4) is 0 Å². The lowest BCUT2D eigenvalue weighted by Crippen LogP contribution is -2.53. The lowest BCUT2D eigenvalue weighted by atomic mass is 10.1. The first-order valence-corrected chi connectivity index (χ1v) is 16.2. The fourth-order valence-electron chi connectivity index (χ4n) is 5.26. The Kier molecular flexibility index (Phi) is 10.9. The second kappa shape index (κ2) is 14.6. The number of benzene rings is 3. The molecule has 42 heavy (non-hydrogen) atoms. The monoisotopic (exact) mass is 611 g/mol. The van der Waals surface area contributed by atoms with Gasteiger partial charge in [0.05, 0.1) is 17.2 Å². The predicted molar refractivity (Wildman–Crippen MR) is 165 cm³/mol. The molecule has 1 N–H and O–H groups in total. The van der Waals surface area contributed by atoms with Crippen LogP contribution in [0.1, 0.15) is 51.5 Å². The van der Waals surface area contributed by atoms with Gasteiger partial charge in [0.15, 0.2) is 0 Å². The largest absolute Gasteiger partial charge is 0.492 e. The molecule has 1 aliphatic carbocycles. The standard InChI is InChI=1S/C32H38ClN3O5S/c1-3-28(32(38)34-26-14-8-9-15-26)35(22-24-12-6-5-7-13-24)31(37)23-36(29-16-10-11-17-30(29)41-4-2)42(39,40)27-20-18-25(33)19-21-27/h5-7,10-13,16-21,26,28H,3-4,8-9,14-15,22-23H2,1-2H3,(H,34,38)/t28-/m0/s1. The SMILES string of the molecule is CCOc1ccccc1N(CC(=O)N(Cc1ccccc1)[C@@H](CC)C(=O)NC1CCCC1)S(=O)(=O)c1ccc(Cl)cc1. The molecule has 0 unspecified atom stereocenters. The van der Waals surface area contributed by atoms with E-state index in [1.807, 2.05) is 37.3 Å². The van der Waals surface area contributed by atoms with Crippen LogP contribution in [-0.2, 0) is 26.2 Å². The Hall–Kier alpha value is -3.56. The van der Waals surface area contributed by atoms with Crippen LogP contribution >= 0.6 is 11.6 Å². The van der Waals surface area contributed by atoms with Gasteiger partial charge in [0.2, 0.25) is 11.8 Å². The van der Waals surface area contributed by atoms with Crippen molar-refractivity contribution in [2.45, 2.75) is 69.5 Å². The highest BCUT2D eigenvalue weighted by molar-refractivity contribution is 7.92. The molecule has 0 aliphatic heterocycles. The first-order valence-electron chi connectivity index (χ1n) is 14.4. The summed E-state index contributed by atoms with van der Waals surface area (Å²) in [5, 5.41) is 3.51. The molecule has 3 aromatic carbocycles. The van der Waals surface area contributed by atoms with Gasteiger partial charge in [-0.25, -0.2) is 8.42 Å². The lowest BCUT2D eigenvalue weighted by Gasteiger charge is -2.34. The van der Waals surface area contributed by atoms with E-state index < -0.39 is 28.5 Å². The van der Waals surface area contributed by atoms with E-state index in [4.69, 9.17) is 16.3 Å². The van der Waals surface area contributed by atoms with Crippen LogP contribution in [0.25, 0.3) is 0 Å². The van der Waals surface area contributed by atoms with E-state index >= 15 is 0 Å². The highest BCUT2D eigenvalue weighted by Gasteiger charge is 2.35. The van der Waals surface area contributed by atoms with Gasteiger partial charge in [0.1, 0.15) is 18.3 Å². The third-order valence-electron chi connectivity index (χ3n) is 7.40. The number of para-hydroxylation sites is 2. The van der Waals surface area contributed by atoms with E-state index in [0.29, 0.717) is 23.8 Å². The highest BCUT2D eigenvalue weighted by Crippen LogP contribution is 2.33. The summed E-state index contributed by atoms with van der Waals surface area (Å²) >= 11 is 6.04. The van der Waals surface area contributed by atoms with Crippen LogP contribution < -0.4 is 14.4 Å². The van der Waals surface area contributed by atoms with E-state index in [1.165, 1.54) is 29.2 Å². The van der Waals surface area contributed by atoms with E-state index in [9.17, 15) is 18.0 Å². The van der Waals surface area contributed by atoms with Crippen LogP contribution in [0.5, 0.6) is 5.75 Å². The Morgan fingerprint density at radius 1 is 0.952 bits per heavy atom. The lowest BCUT2D eigenvalue weighted by molar-refractivity contribution is -0.140. The summed E-state index contributed by atoms with van der Waals surface area (Å²) in [4.78, 5) is 29.3. The molecule has 0 saturated heterocycles. The van der Waals surface area contributed by atoms with Crippen molar-refractivity contribution < 1.29 is 22.7 Å². The molecular weight excluding hydrogens is 574 g/mol. The van der Waals surface area contributed by atoms with Gasteiger partial charge in [-0.1, -0.05) is 73.8 Å². The van der Waals surface area contributed by atoms with Crippen LogP contribution in [-0.4, -0.2) is 50.4 Å². The number of hydrogen-bond donors (Lipinski definition) is 1. The number of anilines is 1. The summed E-state index contributed by atoms with van der Waals surface area (Å²) in [6.07, 6.45) is 4.32. The van der Waals surface area contributed by atoms with Gasteiger partial charge in [0, 0.05) is 17.6 Å². The third kappa shape index (κ3) is 7.63. The summed E-state index contributed by atoms with van der Waals surface area (Å²) in [6, 6.07) is 21.2. The quantitative estimate of drug-likeness (QED) is 0.264. The molecule has 0 spiro atoms. The molecule has 3 aromatic rings. The summed E-state index contributed by atoms with van der Waals surface area (Å²) in [5.74, 6) is -0.405. The molecule has 1 aliphatic rings. The number of halogens is 1. The van der Waals surface area contributed by atoms with Crippen LogP contribution in [0, 0.1) is 0 Å². The number of hydrogen-bond acceptors (Lipinski definition) is 5. The zero-order valence-electron chi connectivity index (χ0n) is 24.0. The third-order valence-corrected chi connectivity index (χ3v) is 9.42. The summed E-state index contributed by atoms with van der Waals surface area (Å²) in [7, 11) is -4.24. The molecule has 0 heterocycles. The van der Waals surface area contributed by atoms with Crippen LogP contribution in [0.4, 0.5) is 5.69 Å². The molecule has 2 amide bonds. The Balaban J connectivity index is 1.74. The Morgan fingerprint density at radius 3 is 2.24 bits per heavy atom. The predicted octanol–water partition coefficient (Wildman–Crippen LogP) is 5.80. The van der Waals surface area contributed by atoms with Crippen molar-refractivity contribution in [3.63, 3.8) is 0 Å². The zero-order chi connectivity index (χ0) is 30.1. The van der Waals surface area contributed by atoms with E-state index in [2.05, 4.69) is 5.32 Å². The number of nitrogens with one attached hydrogen (secondary N) is 1. The molecule has 1 fully saturated rings. The van der Waals surface area contributed by atoms with Crippen molar-refractivity contribution in [1.82, 2.24) is 10.2 Å². The smallest absolute Gasteiger partial charge is 0.264 e. The minimum Gasteiger partial charge on any atom is -0.492 e. The summed E-state index contributed by atoms with van der Waals surface area (Å²) < 4.78 is 35.0. The van der Waals surface area contributed by atoms with Gasteiger partial charge < -0.3 is 15.0 Å². The van der Waals surface area contributed by atoms with E-state index in [1.54, 1.807) is 31.2 Å². The Labute approximate surface area is 253 Å². The number of ether oxygens (including phenoxy) is 1. The van der Waals surface area contributed by atoms with Crippen LogP contribution in [0.15, 0.2) is 83.8 Å². The number of sulfonamides is 1. The maximum Gasteiger partial charge on any atom is 0.264 e. The molecule has 8 nitrogen and oxygen atoms in total. The van der Waals surface area contributed by atoms with Crippen molar-refractivity contribution >= 4 is 39.1 Å². The maximum atomic E-state index is 14.3. The molecule has 0 aromatic heterocycles. The van der Waals surface area contributed by atoms with Gasteiger partial charge >= 0.3 is 0 Å². The molecule has 224 valence electrons. The second-order valence-corrected chi connectivity index (χ2v) is 12.6. The van der Waals surface area contributed by atoms with Crippen molar-refractivity contribution in [2.24, 2.45) is 0 Å². The number of rotatable bonds is 13. The molecule has 4 rings (SSSR count). The van der Waals surface area contributed by atoms with Crippen molar-refractivity contribution in [3.05, 3.63) is 89.4 Å². The van der Waals surface area contributed by atoms with Crippen molar-refractivity contribution in [1.29, 1.82) is 0 Å². The highest BCUT2D eigenvalue weighted by atomic mass is 35.5. The molecule has 10 heteroatoms. The maximum absolute atomic E-state index is 14.3. The number of nitrogens with zero attached hydrogens (tertiary/aromatic N) is 2. The van der Waals surface area contributed by atoms with Gasteiger partial charge in [-0.2, -0.15) is 0 Å². The number of carbonyl (C=O) groups is 2. The topological polar surface area (TPSA) is 96.0 Å². The fraction of sp³-hybridized carbons (Fsp3) is 0.375.